The monoisotopic (exact) mass is 342 g/mol. The van der Waals surface area contributed by atoms with Crippen LogP contribution in [0, 0.1) is 16.2 Å². The SMILES string of the molecule is CCC(C)(C)CC(C)(C(=O)OC(C)(C)CCOC(C)C)C(C)(C)C. The topological polar surface area (TPSA) is 35.5 Å². The second-order valence-corrected chi connectivity index (χ2v) is 10.1. The summed E-state index contributed by atoms with van der Waals surface area (Å²) in [6, 6.07) is 0. The lowest BCUT2D eigenvalue weighted by molar-refractivity contribution is -0.180. The molecule has 0 fully saturated rings. The van der Waals surface area contributed by atoms with Gasteiger partial charge in [0.15, 0.2) is 0 Å². The van der Waals surface area contributed by atoms with Crippen LogP contribution in [0.3, 0.4) is 0 Å². The molecule has 0 aliphatic rings. The largest absolute Gasteiger partial charge is 0.459 e. The highest BCUT2D eigenvalue weighted by Gasteiger charge is 2.49. The first-order chi connectivity index (χ1) is 10.6. The van der Waals surface area contributed by atoms with Gasteiger partial charge in [0, 0.05) is 6.42 Å². The number of ether oxygens (including phenoxy) is 2. The lowest BCUT2D eigenvalue weighted by Crippen LogP contribution is -2.47. The minimum Gasteiger partial charge on any atom is -0.459 e. The summed E-state index contributed by atoms with van der Waals surface area (Å²) < 4.78 is 11.6. The zero-order chi connectivity index (χ0) is 19.4. The molecule has 0 heterocycles. The van der Waals surface area contributed by atoms with E-state index in [0.717, 1.165) is 12.8 Å². The van der Waals surface area contributed by atoms with E-state index in [9.17, 15) is 4.79 Å². The maximum atomic E-state index is 13.2. The quantitative estimate of drug-likeness (QED) is 0.482. The fourth-order valence-electron chi connectivity index (χ4n) is 2.68. The van der Waals surface area contributed by atoms with Gasteiger partial charge in [0.1, 0.15) is 5.60 Å². The average Bonchev–Trinajstić information content (AvgIpc) is 2.35. The van der Waals surface area contributed by atoms with Crippen molar-refractivity contribution in [3.8, 4) is 0 Å². The minimum absolute atomic E-state index is 0.0916. The van der Waals surface area contributed by atoms with E-state index in [4.69, 9.17) is 9.47 Å². The van der Waals surface area contributed by atoms with Crippen LogP contribution in [0.2, 0.25) is 0 Å². The number of rotatable bonds is 9. The van der Waals surface area contributed by atoms with E-state index in [0.29, 0.717) is 13.0 Å². The third kappa shape index (κ3) is 7.13. The fraction of sp³-hybridized carbons (Fsp3) is 0.952. The predicted octanol–water partition coefficient (Wildman–Crippen LogP) is 6.00. The Labute approximate surface area is 150 Å². The second kappa shape index (κ2) is 8.21. The van der Waals surface area contributed by atoms with Crippen molar-refractivity contribution in [2.24, 2.45) is 16.2 Å². The van der Waals surface area contributed by atoms with Crippen LogP contribution in [0.4, 0.5) is 0 Å². The van der Waals surface area contributed by atoms with Gasteiger partial charge in [0.05, 0.1) is 18.1 Å². The van der Waals surface area contributed by atoms with Crippen LogP contribution in [0.25, 0.3) is 0 Å². The number of carbonyl (C=O) groups excluding carboxylic acids is 1. The fourth-order valence-corrected chi connectivity index (χ4v) is 2.68. The van der Waals surface area contributed by atoms with Gasteiger partial charge in [0.2, 0.25) is 0 Å². The summed E-state index contributed by atoms with van der Waals surface area (Å²) in [7, 11) is 0. The molecule has 0 aliphatic heterocycles. The molecule has 3 nitrogen and oxygen atoms in total. The van der Waals surface area contributed by atoms with Gasteiger partial charge in [-0.1, -0.05) is 48.0 Å². The van der Waals surface area contributed by atoms with Gasteiger partial charge in [-0.05, 0) is 51.9 Å². The lowest BCUT2D eigenvalue weighted by atomic mass is 9.60. The molecule has 0 aromatic rings. The number of esters is 1. The Kier molecular flexibility index (Phi) is 8.01. The highest BCUT2D eigenvalue weighted by Crippen LogP contribution is 2.49. The Morgan fingerprint density at radius 2 is 1.46 bits per heavy atom. The third-order valence-electron chi connectivity index (χ3n) is 5.42. The molecule has 0 saturated carbocycles. The van der Waals surface area contributed by atoms with Crippen LogP contribution in [-0.4, -0.2) is 24.3 Å². The van der Waals surface area contributed by atoms with Crippen molar-refractivity contribution in [1.29, 1.82) is 0 Å². The van der Waals surface area contributed by atoms with Crippen LogP contribution in [0.15, 0.2) is 0 Å². The summed E-state index contributed by atoms with van der Waals surface area (Å²) in [6.45, 7) is 23.7. The highest BCUT2D eigenvalue weighted by atomic mass is 16.6. The van der Waals surface area contributed by atoms with Crippen molar-refractivity contribution >= 4 is 5.97 Å². The molecule has 144 valence electrons. The Bertz CT molecular complexity index is 402. The van der Waals surface area contributed by atoms with Crippen LogP contribution in [0.1, 0.15) is 95.4 Å². The van der Waals surface area contributed by atoms with Crippen LogP contribution in [0.5, 0.6) is 0 Å². The van der Waals surface area contributed by atoms with Crippen LogP contribution < -0.4 is 0 Å². The molecule has 24 heavy (non-hydrogen) atoms. The van der Waals surface area contributed by atoms with Crippen LogP contribution >= 0.6 is 0 Å². The predicted molar refractivity (Wildman–Crippen MR) is 102 cm³/mol. The van der Waals surface area contributed by atoms with Gasteiger partial charge in [-0.15, -0.1) is 0 Å². The summed E-state index contributed by atoms with van der Waals surface area (Å²) >= 11 is 0. The van der Waals surface area contributed by atoms with Gasteiger partial charge in [0.25, 0.3) is 0 Å². The Morgan fingerprint density at radius 1 is 0.958 bits per heavy atom. The first kappa shape index (κ1) is 23.4. The highest BCUT2D eigenvalue weighted by molar-refractivity contribution is 5.78. The summed E-state index contributed by atoms with van der Waals surface area (Å²) in [5.41, 5.74) is -1.11. The molecule has 0 aliphatic carbocycles. The Balaban J connectivity index is 5.21. The smallest absolute Gasteiger partial charge is 0.312 e. The second-order valence-electron chi connectivity index (χ2n) is 10.1. The Hall–Kier alpha value is -0.570. The van der Waals surface area contributed by atoms with Crippen molar-refractivity contribution < 1.29 is 14.3 Å². The number of hydrogen-bond acceptors (Lipinski definition) is 3. The molecular formula is C21H42O3. The van der Waals surface area contributed by atoms with E-state index in [-0.39, 0.29) is 22.9 Å². The zero-order valence-corrected chi connectivity index (χ0v) is 18.1. The summed E-state index contributed by atoms with van der Waals surface area (Å²) in [5, 5.41) is 0. The van der Waals surface area contributed by atoms with E-state index in [1.807, 2.05) is 27.7 Å². The zero-order valence-electron chi connectivity index (χ0n) is 18.1. The van der Waals surface area contributed by atoms with E-state index < -0.39 is 11.0 Å². The van der Waals surface area contributed by atoms with E-state index in [2.05, 4.69) is 48.5 Å². The first-order valence-electron chi connectivity index (χ1n) is 9.41. The van der Waals surface area contributed by atoms with Crippen molar-refractivity contribution in [3.63, 3.8) is 0 Å². The molecule has 3 heteroatoms. The average molecular weight is 343 g/mol. The molecule has 1 unspecified atom stereocenters. The first-order valence-corrected chi connectivity index (χ1v) is 9.41. The van der Waals surface area contributed by atoms with Crippen molar-refractivity contribution in [3.05, 3.63) is 0 Å². The van der Waals surface area contributed by atoms with E-state index in [1.165, 1.54) is 0 Å². The lowest BCUT2D eigenvalue weighted by Gasteiger charge is -2.45. The molecule has 0 saturated heterocycles. The van der Waals surface area contributed by atoms with Crippen molar-refractivity contribution in [2.45, 2.75) is 107 Å². The molecule has 0 amide bonds. The standard InChI is InChI=1S/C21H42O3/c1-12-19(7,8)15-21(11,18(4,5)6)17(22)24-20(9,10)13-14-23-16(2)3/h16H,12-15H2,1-11H3. The van der Waals surface area contributed by atoms with Gasteiger partial charge in [-0.2, -0.15) is 0 Å². The van der Waals surface area contributed by atoms with Gasteiger partial charge in [-0.3, -0.25) is 4.79 Å². The van der Waals surface area contributed by atoms with E-state index >= 15 is 0 Å². The maximum absolute atomic E-state index is 13.2. The third-order valence-corrected chi connectivity index (χ3v) is 5.42. The summed E-state index contributed by atoms with van der Waals surface area (Å²) in [5.74, 6) is -0.0916. The van der Waals surface area contributed by atoms with E-state index in [1.54, 1.807) is 0 Å². The molecule has 0 bridgehead atoms. The molecule has 0 N–H and O–H groups in total. The molecule has 0 rings (SSSR count). The summed E-state index contributed by atoms with van der Waals surface area (Å²) in [4.78, 5) is 13.2. The van der Waals surface area contributed by atoms with Gasteiger partial charge < -0.3 is 9.47 Å². The minimum atomic E-state index is -0.525. The van der Waals surface area contributed by atoms with Crippen molar-refractivity contribution in [2.75, 3.05) is 6.61 Å². The maximum Gasteiger partial charge on any atom is 0.312 e. The molecule has 1 atom stereocenters. The Morgan fingerprint density at radius 3 is 1.83 bits per heavy atom. The molecule has 0 spiro atoms. The van der Waals surface area contributed by atoms with Crippen molar-refractivity contribution in [1.82, 2.24) is 0 Å². The molecule has 0 radical (unpaired) electrons. The van der Waals surface area contributed by atoms with Gasteiger partial charge >= 0.3 is 5.97 Å². The molecule has 0 aromatic heterocycles. The molecular weight excluding hydrogens is 300 g/mol. The summed E-state index contributed by atoms with van der Waals surface area (Å²) in [6.07, 6.45) is 2.75. The number of hydrogen-bond donors (Lipinski definition) is 0. The molecule has 0 aromatic carbocycles. The van der Waals surface area contributed by atoms with Crippen LogP contribution in [-0.2, 0) is 14.3 Å². The van der Waals surface area contributed by atoms with Gasteiger partial charge in [-0.25, -0.2) is 0 Å². The number of carbonyl (C=O) groups is 1. The normalized spacial score (nSPS) is 16.2.